The number of carbonyl (C=O) groups excluding carboxylic acids is 1. The summed E-state index contributed by atoms with van der Waals surface area (Å²) in [7, 11) is 1.71. The first kappa shape index (κ1) is 23.7. The predicted octanol–water partition coefficient (Wildman–Crippen LogP) is 3.22. The number of aryl methyl sites for hydroxylation is 1. The fraction of sp³-hybridized carbons (Fsp3) is 0.619. The normalized spacial score (nSPS) is 15.2. The highest BCUT2D eigenvalue weighted by molar-refractivity contribution is 14.0. The molecular formula is C21H35IN4O. The van der Waals surface area contributed by atoms with Gasteiger partial charge in [0.25, 0.3) is 0 Å². The average molecular weight is 486 g/mol. The summed E-state index contributed by atoms with van der Waals surface area (Å²) in [5.41, 5.74) is 2.72. The Balaban J connectivity index is 0.00000364. The van der Waals surface area contributed by atoms with Gasteiger partial charge in [0, 0.05) is 39.6 Å². The third-order valence-electron chi connectivity index (χ3n) is 5.10. The molecule has 0 radical (unpaired) electrons. The molecule has 5 nitrogen and oxygen atoms in total. The number of guanidine groups is 1. The van der Waals surface area contributed by atoms with Crippen LogP contribution in [0.4, 0.5) is 0 Å². The molecule has 1 heterocycles. The van der Waals surface area contributed by atoms with Crippen molar-refractivity contribution in [2.75, 3.05) is 33.2 Å². The minimum atomic E-state index is 0. The van der Waals surface area contributed by atoms with E-state index in [-0.39, 0.29) is 29.9 Å². The van der Waals surface area contributed by atoms with Crippen LogP contribution in [0.1, 0.15) is 44.2 Å². The van der Waals surface area contributed by atoms with E-state index in [0.29, 0.717) is 12.3 Å². The van der Waals surface area contributed by atoms with Crippen molar-refractivity contribution in [2.45, 2.75) is 46.0 Å². The van der Waals surface area contributed by atoms with Crippen molar-refractivity contribution >= 4 is 35.8 Å². The third-order valence-corrected chi connectivity index (χ3v) is 5.10. The molecule has 1 aromatic rings. The Labute approximate surface area is 181 Å². The van der Waals surface area contributed by atoms with Gasteiger partial charge < -0.3 is 15.5 Å². The van der Waals surface area contributed by atoms with Crippen LogP contribution in [-0.2, 0) is 17.6 Å². The Kier molecular flexibility index (Phi) is 11.4. The van der Waals surface area contributed by atoms with Gasteiger partial charge >= 0.3 is 0 Å². The summed E-state index contributed by atoms with van der Waals surface area (Å²) in [6, 6.07) is 8.85. The number of amides is 1. The van der Waals surface area contributed by atoms with Crippen LogP contribution in [0, 0.1) is 5.92 Å². The second kappa shape index (κ2) is 13.0. The van der Waals surface area contributed by atoms with Gasteiger partial charge in [-0.1, -0.05) is 31.2 Å². The second-order valence-electron chi connectivity index (χ2n) is 6.96. The van der Waals surface area contributed by atoms with Crippen molar-refractivity contribution in [1.82, 2.24) is 15.5 Å². The molecule has 1 fully saturated rings. The summed E-state index contributed by atoms with van der Waals surface area (Å²) >= 11 is 0. The van der Waals surface area contributed by atoms with Crippen molar-refractivity contribution in [3.8, 4) is 0 Å². The maximum absolute atomic E-state index is 11.6. The molecule has 2 N–H and O–H groups in total. The van der Waals surface area contributed by atoms with Crippen LogP contribution >= 0.6 is 24.0 Å². The highest BCUT2D eigenvalue weighted by atomic mass is 127. The molecule has 27 heavy (non-hydrogen) atoms. The number of likely N-dealkylation sites (tertiary alicyclic amines) is 1. The molecular weight excluding hydrogens is 451 g/mol. The number of nitrogens with zero attached hydrogens (tertiary/aromatic N) is 2. The van der Waals surface area contributed by atoms with Gasteiger partial charge in [-0.15, -0.1) is 24.0 Å². The van der Waals surface area contributed by atoms with E-state index in [1.165, 1.54) is 11.1 Å². The zero-order chi connectivity index (χ0) is 18.8. The van der Waals surface area contributed by atoms with Gasteiger partial charge in [-0.3, -0.25) is 9.79 Å². The van der Waals surface area contributed by atoms with Crippen LogP contribution in [0.15, 0.2) is 29.3 Å². The van der Waals surface area contributed by atoms with Crippen LogP contribution in [0.3, 0.4) is 0 Å². The standard InChI is InChI=1S/C21H34N4O.HI/c1-4-17-6-8-18(9-7-17)10-13-24-21(23-5-2)25-14-11-19(12-15-25)16-20(26)22-3;/h6-9,19H,4-5,10-16H2,1-3H3,(H,22,26)(H,23,24);1H. The van der Waals surface area contributed by atoms with E-state index in [9.17, 15) is 4.79 Å². The predicted molar refractivity (Wildman–Crippen MR) is 124 cm³/mol. The van der Waals surface area contributed by atoms with Crippen LogP contribution in [0.5, 0.6) is 0 Å². The number of halogens is 1. The molecule has 152 valence electrons. The van der Waals surface area contributed by atoms with Crippen LogP contribution in [0.25, 0.3) is 0 Å². The number of hydrogen-bond donors (Lipinski definition) is 2. The van der Waals surface area contributed by atoms with Crippen LogP contribution < -0.4 is 10.6 Å². The lowest BCUT2D eigenvalue weighted by Crippen LogP contribution is -2.46. The first-order valence-corrected chi connectivity index (χ1v) is 9.97. The van der Waals surface area contributed by atoms with E-state index >= 15 is 0 Å². The summed E-state index contributed by atoms with van der Waals surface area (Å²) in [6.45, 7) is 7.91. The molecule has 1 aliphatic heterocycles. The highest BCUT2D eigenvalue weighted by Crippen LogP contribution is 2.20. The average Bonchev–Trinajstić information content (AvgIpc) is 2.68. The lowest BCUT2D eigenvalue weighted by atomic mass is 9.93. The van der Waals surface area contributed by atoms with Crippen molar-refractivity contribution in [3.05, 3.63) is 35.4 Å². The maximum atomic E-state index is 11.6. The van der Waals surface area contributed by atoms with Crippen LogP contribution in [0.2, 0.25) is 0 Å². The Bertz CT molecular complexity index is 580. The smallest absolute Gasteiger partial charge is 0.220 e. The molecule has 1 aliphatic rings. The quantitative estimate of drug-likeness (QED) is 0.354. The Morgan fingerprint density at radius 3 is 2.33 bits per heavy atom. The van der Waals surface area contributed by atoms with Gasteiger partial charge in [0.15, 0.2) is 5.96 Å². The number of nitrogens with one attached hydrogen (secondary N) is 2. The van der Waals surface area contributed by atoms with E-state index in [2.05, 4.69) is 53.6 Å². The molecule has 0 atom stereocenters. The minimum Gasteiger partial charge on any atom is -0.359 e. The number of carbonyl (C=O) groups is 1. The van der Waals surface area contributed by atoms with Crippen molar-refractivity contribution in [1.29, 1.82) is 0 Å². The summed E-state index contributed by atoms with van der Waals surface area (Å²) in [5, 5.41) is 6.15. The second-order valence-corrected chi connectivity index (χ2v) is 6.96. The number of piperidine rings is 1. The molecule has 0 spiro atoms. The lowest BCUT2D eigenvalue weighted by molar-refractivity contribution is -0.121. The summed E-state index contributed by atoms with van der Waals surface area (Å²) < 4.78 is 0. The molecule has 0 bridgehead atoms. The Hall–Kier alpha value is -1.31. The SMILES string of the molecule is CCNC(=NCCc1ccc(CC)cc1)N1CCC(CC(=O)NC)CC1.I. The number of hydrogen-bond acceptors (Lipinski definition) is 2. The zero-order valence-corrected chi connectivity index (χ0v) is 19.3. The molecule has 1 saturated heterocycles. The van der Waals surface area contributed by atoms with E-state index in [1.54, 1.807) is 7.05 Å². The molecule has 2 rings (SSSR count). The minimum absolute atomic E-state index is 0. The Morgan fingerprint density at radius 2 is 1.78 bits per heavy atom. The van der Waals surface area contributed by atoms with Gasteiger partial charge in [-0.2, -0.15) is 0 Å². The summed E-state index contributed by atoms with van der Waals surface area (Å²) in [6.07, 6.45) is 4.79. The van der Waals surface area contributed by atoms with E-state index in [0.717, 1.165) is 57.8 Å². The van der Waals surface area contributed by atoms with E-state index in [4.69, 9.17) is 4.99 Å². The fourth-order valence-electron chi connectivity index (χ4n) is 3.37. The van der Waals surface area contributed by atoms with E-state index in [1.807, 2.05) is 0 Å². The van der Waals surface area contributed by atoms with Gasteiger partial charge in [0.2, 0.25) is 5.91 Å². The number of rotatable bonds is 7. The lowest BCUT2D eigenvalue weighted by Gasteiger charge is -2.34. The maximum Gasteiger partial charge on any atom is 0.220 e. The largest absolute Gasteiger partial charge is 0.359 e. The van der Waals surface area contributed by atoms with Crippen molar-refractivity contribution in [3.63, 3.8) is 0 Å². The Morgan fingerprint density at radius 1 is 1.15 bits per heavy atom. The number of benzene rings is 1. The van der Waals surface area contributed by atoms with Gasteiger partial charge in [0.1, 0.15) is 0 Å². The summed E-state index contributed by atoms with van der Waals surface area (Å²) in [5.74, 6) is 1.65. The van der Waals surface area contributed by atoms with Crippen molar-refractivity contribution < 1.29 is 4.79 Å². The monoisotopic (exact) mass is 486 g/mol. The fourth-order valence-corrected chi connectivity index (χ4v) is 3.37. The molecule has 0 unspecified atom stereocenters. The van der Waals surface area contributed by atoms with Gasteiger partial charge in [-0.05, 0) is 49.7 Å². The van der Waals surface area contributed by atoms with Gasteiger partial charge in [-0.25, -0.2) is 0 Å². The molecule has 0 saturated carbocycles. The summed E-state index contributed by atoms with van der Waals surface area (Å²) in [4.78, 5) is 18.7. The first-order chi connectivity index (χ1) is 12.7. The number of aliphatic imine (C=N–C) groups is 1. The third kappa shape index (κ3) is 8.07. The highest BCUT2D eigenvalue weighted by Gasteiger charge is 2.22. The van der Waals surface area contributed by atoms with Crippen molar-refractivity contribution in [2.24, 2.45) is 10.9 Å². The van der Waals surface area contributed by atoms with Crippen LogP contribution in [-0.4, -0.2) is 50.0 Å². The molecule has 1 amide bonds. The molecule has 0 aromatic heterocycles. The zero-order valence-electron chi connectivity index (χ0n) is 17.0. The molecule has 0 aliphatic carbocycles. The first-order valence-electron chi connectivity index (χ1n) is 9.97. The molecule has 1 aromatic carbocycles. The van der Waals surface area contributed by atoms with Gasteiger partial charge in [0.05, 0.1) is 0 Å². The molecule has 6 heteroatoms. The van der Waals surface area contributed by atoms with E-state index < -0.39 is 0 Å². The topological polar surface area (TPSA) is 56.7 Å².